The molecular weight excluding hydrogens is 202 g/mol. The average Bonchev–Trinajstić information content (AvgIpc) is 2.77. The molecule has 0 saturated heterocycles. The second kappa shape index (κ2) is 5.41. The Labute approximate surface area is 96.6 Å². The van der Waals surface area contributed by atoms with Gasteiger partial charge in [-0.05, 0) is 25.4 Å². The molecule has 1 aromatic heterocycles. The lowest BCUT2D eigenvalue weighted by molar-refractivity contribution is 0.201. The Hall–Kier alpha value is -0.940. The summed E-state index contributed by atoms with van der Waals surface area (Å²) in [6.45, 7) is 7.20. The van der Waals surface area contributed by atoms with E-state index in [1.54, 1.807) is 0 Å². The first kappa shape index (κ1) is 11.5. The molecule has 5 heteroatoms. The topological polar surface area (TPSA) is 60.0 Å². The molecular formula is C11H21N5. The Morgan fingerprint density at radius 1 is 1.50 bits per heavy atom. The van der Waals surface area contributed by atoms with Crippen LogP contribution in [0.2, 0.25) is 0 Å². The first-order valence-electron chi connectivity index (χ1n) is 6.12. The van der Waals surface area contributed by atoms with Crippen molar-refractivity contribution in [2.75, 3.05) is 19.6 Å². The van der Waals surface area contributed by atoms with E-state index in [2.05, 4.69) is 26.6 Å². The van der Waals surface area contributed by atoms with Gasteiger partial charge in [0.05, 0.1) is 6.54 Å². The molecule has 0 amide bonds. The van der Waals surface area contributed by atoms with E-state index in [1.807, 2.05) is 6.33 Å². The molecule has 2 heterocycles. The van der Waals surface area contributed by atoms with E-state index in [9.17, 15) is 0 Å². The summed E-state index contributed by atoms with van der Waals surface area (Å²) in [5, 5.41) is 8.05. The lowest BCUT2D eigenvalue weighted by atomic mass is 10.0. The molecule has 1 aliphatic rings. The molecule has 0 aliphatic carbocycles. The number of hydrogen-bond acceptors (Lipinski definition) is 4. The summed E-state index contributed by atoms with van der Waals surface area (Å²) in [5.41, 5.74) is 5.71. The Morgan fingerprint density at radius 2 is 2.38 bits per heavy atom. The van der Waals surface area contributed by atoms with Crippen LogP contribution >= 0.6 is 0 Å². The molecule has 1 aromatic rings. The summed E-state index contributed by atoms with van der Waals surface area (Å²) < 4.78 is 2.14. The van der Waals surface area contributed by atoms with Crippen LogP contribution in [0.15, 0.2) is 6.33 Å². The van der Waals surface area contributed by atoms with Crippen molar-refractivity contribution in [1.82, 2.24) is 19.7 Å². The largest absolute Gasteiger partial charge is 0.330 e. The lowest BCUT2D eigenvalue weighted by Crippen LogP contribution is -2.35. The molecule has 2 rings (SSSR count). The van der Waals surface area contributed by atoms with Crippen molar-refractivity contribution in [3.63, 3.8) is 0 Å². The van der Waals surface area contributed by atoms with Crippen molar-refractivity contribution in [1.29, 1.82) is 0 Å². The van der Waals surface area contributed by atoms with Crippen molar-refractivity contribution in [2.45, 2.75) is 32.9 Å². The standard InChI is InChI=1S/C11H21N5/c1-2-10(7-12)3-4-15-5-6-16-9-13-14-11(16)8-15/h9-10H,2-8,12H2,1H3. The highest BCUT2D eigenvalue weighted by Crippen LogP contribution is 2.12. The third-order valence-electron chi connectivity index (χ3n) is 3.48. The molecule has 1 atom stereocenters. The van der Waals surface area contributed by atoms with Gasteiger partial charge in [-0.2, -0.15) is 0 Å². The molecule has 1 aliphatic heterocycles. The van der Waals surface area contributed by atoms with Gasteiger partial charge in [0.15, 0.2) is 0 Å². The normalized spacial score (nSPS) is 18.4. The predicted molar refractivity (Wildman–Crippen MR) is 62.8 cm³/mol. The molecule has 0 fully saturated rings. The van der Waals surface area contributed by atoms with Crippen LogP contribution in [0.4, 0.5) is 0 Å². The molecule has 2 N–H and O–H groups in total. The van der Waals surface area contributed by atoms with E-state index >= 15 is 0 Å². The fourth-order valence-corrected chi connectivity index (χ4v) is 2.16. The highest BCUT2D eigenvalue weighted by molar-refractivity contribution is 4.89. The van der Waals surface area contributed by atoms with Crippen LogP contribution in [-0.2, 0) is 13.1 Å². The fraction of sp³-hybridized carbons (Fsp3) is 0.818. The van der Waals surface area contributed by atoms with E-state index in [-0.39, 0.29) is 0 Å². The molecule has 1 unspecified atom stereocenters. The van der Waals surface area contributed by atoms with Crippen LogP contribution in [-0.4, -0.2) is 39.3 Å². The van der Waals surface area contributed by atoms with Gasteiger partial charge in [0, 0.05) is 13.1 Å². The SMILES string of the molecule is CCC(CN)CCN1CCn2cnnc2C1. The number of rotatable bonds is 5. The minimum atomic E-state index is 0.666. The van der Waals surface area contributed by atoms with Gasteiger partial charge in [-0.25, -0.2) is 0 Å². The Morgan fingerprint density at radius 3 is 3.12 bits per heavy atom. The molecule has 0 saturated carbocycles. The van der Waals surface area contributed by atoms with Crippen LogP contribution in [0.5, 0.6) is 0 Å². The maximum Gasteiger partial charge on any atom is 0.147 e. The first-order chi connectivity index (χ1) is 7.83. The number of hydrogen-bond donors (Lipinski definition) is 1. The second-order valence-electron chi connectivity index (χ2n) is 4.52. The second-order valence-corrected chi connectivity index (χ2v) is 4.52. The summed E-state index contributed by atoms with van der Waals surface area (Å²) in [4.78, 5) is 2.45. The molecule has 90 valence electrons. The quantitative estimate of drug-likeness (QED) is 0.788. The van der Waals surface area contributed by atoms with Gasteiger partial charge in [-0.15, -0.1) is 10.2 Å². The highest BCUT2D eigenvalue weighted by atomic mass is 15.3. The van der Waals surface area contributed by atoms with Gasteiger partial charge in [0.2, 0.25) is 0 Å². The monoisotopic (exact) mass is 223 g/mol. The fourth-order valence-electron chi connectivity index (χ4n) is 2.16. The van der Waals surface area contributed by atoms with Crippen LogP contribution in [0.3, 0.4) is 0 Å². The molecule has 5 nitrogen and oxygen atoms in total. The molecule has 0 bridgehead atoms. The molecule has 0 radical (unpaired) electrons. The first-order valence-corrected chi connectivity index (χ1v) is 6.12. The van der Waals surface area contributed by atoms with Crippen molar-refractivity contribution in [2.24, 2.45) is 11.7 Å². The van der Waals surface area contributed by atoms with Crippen molar-refractivity contribution >= 4 is 0 Å². The van der Waals surface area contributed by atoms with Crippen LogP contribution < -0.4 is 5.73 Å². The highest BCUT2D eigenvalue weighted by Gasteiger charge is 2.17. The smallest absolute Gasteiger partial charge is 0.147 e. The lowest BCUT2D eigenvalue weighted by Gasteiger charge is -2.28. The summed E-state index contributed by atoms with van der Waals surface area (Å²) in [5.74, 6) is 1.76. The van der Waals surface area contributed by atoms with Crippen LogP contribution in [0.1, 0.15) is 25.6 Å². The number of fused-ring (bicyclic) bond motifs is 1. The van der Waals surface area contributed by atoms with Gasteiger partial charge in [-0.3, -0.25) is 4.90 Å². The summed E-state index contributed by atoms with van der Waals surface area (Å²) >= 11 is 0. The van der Waals surface area contributed by atoms with Crippen LogP contribution in [0.25, 0.3) is 0 Å². The zero-order valence-corrected chi connectivity index (χ0v) is 9.97. The van der Waals surface area contributed by atoms with Crippen molar-refractivity contribution < 1.29 is 0 Å². The van der Waals surface area contributed by atoms with Crippen molar-refractivity contribution in [3.05, 3.63) is 12.2 Å². The zero-order chi connectivity index (χ0) is 11.4. The van der Waals surface area contributed by atoms with Gasteiger partial charge in [0.1, 0.15) is 12.2 Å². The maximum atomic E-state index is 5.71. The number of nitrogens with zero attached hydrogens (tertiary/aromatic N) is 4. The minimum absolute atomic E-state index is 0.666. The van der Waals surface area contributed by atoms with Gasteiger partial charge >= 0.3 is 0 Å². The van der Waals surface area contributed by atoms with E-state index in [4.69, 9.17) is 5.73 Å². The van der Waals surface area contributed by atoms with Crippen molar-refractivity contribution in [3.8, 4) is 0 Å². The zero-order valence-electron chi connectivity index (χ0n) is 9.97. The summed E-state index contributed by atoms with van der Waals surface area (Å²) in [7, 11) is 0. The predicted octanol–water partition coefficient (Wildman–Crippen LogP) is 0.469. The minimum Gasteiger partial charge on any atom is -0.330 e. The molecule has 16 heavy (non-hydrogen) atoms. The number of nitrogens with two attached hydrogens (primary N) is 1. The third-order valence-corrected chi connectivity index (χ3v) is 3.48. The summed E-state index contributed by atoms with van der Waals surface area (Å²) in [6.07, 6.45) is 4.20. The van der Waals surface area contributed by atoms with Gasteiger partial charge in [0.25, 0.3) is 0 Å². The Balaban J connectivity index is 1.81. The van der Waals surface area contributed by atoms with E-state index in [0.717, 1.165) is 38.5 Å². The number of aromatic nitrogens is 3. The Bertz CT molecular complexity index is 318. The summed E-state index contributed by atoms with van der Waals surface area (Å²) in [6, 6.07) is 0. The van der Waals surface area contributed by atoms with E-state index in [1.165, 1.54) is 12.8 Å². The average molecular weight is 223 g/mol. The van der Waals surface area contributed by atoms with Gasteiger partial charge in [-0.1, -0.05) is 13.3 Å². The molecule has 0 spiro atoms. The Kier molecular flexibility index (Phi) is 3.90. The third kappa shape index (κ3) is 2.59. The van der Waals surface area contributed by atoms with Crippen LogP contribution in [0, 0.1) is 5.92 Å². The van der Waals surface area contributed by atoms with E-state index in [0.29, 0.717) is 5.92 Å². The molecule has 0 aromatic carbocycles. The van der Waals surface area contributed by atoms with Gasteiger partial charge < -0.3 is 10.3 Å². The van der Waals surface area contributed by atoms with E-state index < -0.39 is 0 Å². The maximum absolute atomic E-state index is 5.71.